The van der Waals surface area contributed by atoms with E-state index in [4.69, 9.17) is 5.73 Å². The number of nitrogens with zero attached hydrogens (tertiary/aromatic N) is 2. The Kier molecular flexibility index (Phi) is 4.74. The molecule has 0 radical (unpaired) electrons. The van der Waals surface area contributed by atoms with Gasteiger partial charge in [-0.15, -0.1) is 0 Å². The van der Waals surface area contributed by atoms with Gasteiger partial charge in [-0.2, -0.15) is 4.98 Å². The lowest BCUT2D eigenvalue weighted by molar-refractivity contribution is 0.166. The minimum Gasteiger partial charge on any atom is -0.391 e. The van der Waals surface area contributed by atoms with Crippen LogP contribution in [0.15, 0.2) is 24.3 Å². The molecule has 1 unspecified atom stereocenters. The van der Waals surface area contributed by atoms with Gasteiger partial charge in [-0.1, -0.05) is 31.9 Å². The number of rotatable bonds is 6. The molecule has 2 aromatic rings. The lowest BCUT2D eigenvalue weighted by Crippen LogP contribution is -2.32. The molecule has 0 saturated heterocycles. The number of para-hydroxylation sites is 1. The van der Waals surface area contributed by atoms with E-state index in [1.54, 1.807) is 6.92 Å². The largest absolute Gasteiger partial charge is 0.391 e. The smallest absolute Gasteiger partial charge is 0.222 e. The zero-order valence-corrected chi connectivity index (χ0v) is 12.0. The van der Waals surface area contributed by atoms with Gasteiger partial charge in [0.2, 0.25) is 5.95 Å². The number of nitrogen functional groups attached to an aromatic ring is 1. The van der Waals surface area contributed by atoms with Gasteiger partial charge in [0.15, 0.2) is 0 Å². The summed E-state index contributed by atoms with van der Waals surface area (Å²) in [6.45, 7) is 3.93. The second-order valence-corrected chi connectivity index (χ2v) is 5.08. The van der Waals surface area contributed by atoms with Gasteiger partial charge in [0, 0.05) is 5.39 Å². The van der Waals surface area contributed by atoms with E-state index in [0.29, 0.717) is 5.82 Å². The first-order valence-corrected chi connectivity index (χ1v) is 7.08. The Hall–Kier alpha value is -1.88. The summed E-state index contributed by atoms with van der Waals surface area (Å²) in [5.74, 6) is 0.932. The Bertz CT molecular complexity index is 571. The van der Waals surface area contributed by atoms with E-state index >= 15 is 0 Å². The van der Waals surface area contributed by atoms with Crippen molar-refractivity contribution in [2.75, 3.05) is 11.1 Å². The number of hydrogen-bond donors (Lipinski definition) is 3. The molecule has 2 rings (SSSR count). The second kappa shape index (κ2) is 6.52. The number of hydrogen-bond acceptors (Lipinski definition) is 5. The molecule has 5 nitrogen and oxygen atoms in total. The zero-order valence-electron chi connectivity index (χ0n) is 12.0. The highest BCUT2D eigenvalue weighted by Crippen LogP contribution is 2.23. The molecule has 0 spiro atoms. The van der Waals surface area contributed by atoms with Crippen LogP contribution < -0.4 is 11.1 Å². The average molecular weight is 274 g/mol. The molecule has 20 heavy (non-hydrogen) atoms. The molecule has 108 valence electrons. The van der Waals surface area contributed by atoms with Crippen molar-refractivity contribution in [1.29, 1.82) is 0 Å². The summed E-state index contributed by atoms with van der Waals surface area (Å²) >= 11 is 0. The third-order valence-electron chi connectivity index (χ3n) is 3.39. The third kappa shape index (κ3) is 3.36. The van der Waals surface area contributed by atoms with E-state index in [1.165, 1.54) is 0 Å². The van der Waals surface area contributed by atoms with Crippen molar-refractivity contribution in [3.8, 4) is 0 Å². The predicted octanol–water partition coefficient (Wildman–Crippen LogP) is 2.56. The molecule has 0 aliphatic carbocycles. The van der Waals surface area contributed by atoms with Gasteiger partial charge in [0.05, 0.1) is 17.7 Å². The fraction of sp³-hybridized carbons (Fsp3) is 0.467. The Morgan fingerprint density at radius 2 is 2.05 bits per heavy atom. The highest BCUT2D eigenvalue weighted by molar-refractivity contribution is 5.89. The maximum absolute atomic E-state index is 9.90. The van der Waals surface area contributed by atoms with Crippen molar-refractivity contribution in [3.05, 3.63) is 24.3 Å². The van der Waals surface area contributed by atoms with Gasteiger partial charge in [0.1, 0.15) is 5.82 Å². The number of anilines is 2. The lowest BCUT2D eigenvalue weighted by atomic mass is 10.1. The van der Waals surface area contributed by atoms with Crippen LogP contribution >= 0.6 is 0 Å². The van der Waals surface area contributed by atoms with Crippen LogP contribution in [0, 0.1) is 0 Å². The van der Waals surface area contributed by atoms with Crippen LogP contribution in [0.25, 0.3) is 10.9 Å². The molecule has 4 N–H and O–H groups in total. The van der Waals surface area contributed by atoms with Crippen molar-refractivity contribution < 1.29 is 5.11 Å². The molecule has 1 aromatic heterocycles. The number of fused-ring (bicyclic) bond motifs is 1. The number of aliphatic hydroxyl groups is 1. The first kappa shape index (κ1) is 14.5. The van der Waals surface area contributed by atoms with Crippen LogP contribution in [0.1, 0.15) is 33.1 Å². The highest BCUT2D eigenvalue weighted by atomic mass is 16.3. The van der Waals surface area contributed by atoms with E-state index in [0.717, 1.165) is 30.2 Å². The second-order valence-electron chi connectivity index (χ2n) is 5.08. The first-order valence-electron chi connectivity index (χ1n) is 7.08. The van der Waals surface area contributed by atoms with Crippen molar-refractivity contribution in [2.45, 2.75) is 45.3 Å². The Labute approximate surface area is 119 Å². The fourth-order valence-electron chi connectivity index (χ4n) is 2.24. The highest BCUT2D eigenvalue weighted by Gasteiger charge is 2.16. The van der Waals surface area contributed by atoms with Crippen LogP contribution in [-0.2, 0) is 0 Å². The Balaban J connectivity index is 2.31. The number of aliphatic hydroxyl groups excluding tert-OH is 1. The molecule has 0 amide bonds. The maximum atomic E-state index is 9.90. The number of aromatic nitrogens is 2. The molecule has 0 saturated carbocycles. The molecular formula is C15H22N4O. The van der Waals surface area contributed by atoms with Crippen LogP contribution in [0.4, 0.5) is 11.8 Å². The van der Waals surface area contributed by atoms with Gasteiger partial charge in [-0.3, -0.25) is 0 Å². The summed E-state index contributed by atoms with van der Waals surface area (Å²) in [5, 5.41) is 14.1. The summed E-state index contributed by atoms with van der Waals surface area (Å²) in [7, 11) is 0. The lowest BCUT2D eigenvalue weighted by Gasteiger charge is -2.22. The van der Waals surface area contributed by atoms with Gasteiger partial charge < -0.3 is 16.2 Å². The van der Waals surface area contributed by atoms with Crippen LogP contribution in [0.5, 0.6) is 0 Å². The number of benzene rings is 1. The maximum Gasteiger partial charge on any atom is 0.222 e. The normalized spacial score (nSPS) is 14.2. The summed E-state index contributed by atoms with van der Waals surface area (Å²) in [4.78, 5) is 8.49. The van der Waals surface area contributed by atoms with E-state index < -0.39 is 6.10 Å². The molecule has 2 atom stereocenters. The monoisotopic (exact) mass is 274 g/mol. The first-order chi connectivity index (χ1) is 9.61. The summed E-state index contributed by atoms with van der Waals surface area (Å²) in [5.41, 5.74) is 6.56. The van der Waals surface area contributed by atoms with Gasteiger partial charge in [-0.05, 0) is 25.5 Å². The van der Waals surface area contributed by atoms with E-state index in [1.807, 2.05) is 24.3 Å². The van der Waals surface area contributed by atoms with E-state index in [9.17, 15) is 5.11 Å². The summed E-state index contributed by atoms with van der Waals surface area (Å²) in [6, 6.07) is 7.68. The van der Waals surface area contributed by atoms with Gasteiger partial charge in [-0.25, -0.2) is 4.98 Å². The Morgan fingerprint density at radius 3 is 2.75 bits per heavy atom. The number of unbranched alkanes of at least 4 members (excludes halogenated alkanes) is 1. The SMILES string of the molecule is CCCC[C@@H](Nc1nc(N)nc2ccccc12)C(C)O. The van der Waals surface area contributed by atoms with Crippen molar-refractivity contribution >= 4 is 22.7 Å². The zero-order chi connectivity index (χ0) is 14.5. The third-order valence-corrected chi connectivity index (χ3v) is 3.39. The van der Waals surface area contributed by atoms with Gasteiger partial charge >= 0.3 is 0 Å². The average Bonchev–Trinajstić information content (AvgIpc) is 2.42. The van der Waals surface area contributed by atoms with Crippen molar-refractivity contribution in [3.63, 3.8) is 0 Å². The minimum absolute atomic E-state index is 0.0346. The number of nitrogens with two attached hydrogens (primary N) is 1. The molecule has 0 bridgehead atoms. The standard InChI is InChI=1S/C15H22N4O/c1-3-4-8-12(10(2)20)17-14-11-7-5-6-9-13(11)18-15(16)19-14/h5-7,9-10,12,20H,3-4,8H2,1-2H3,(H3,16,17,18,19)/t10?,12-/m1/s1. The topological polar surface area (TPSA) is 84.1 Å². The molecule has 0 fully saturated rings. The summed E-state index contributed by atoms with van der Waals surface area (Å²) < 4.78 is 0. The minimum atomic E-state index is -0.448. The Morgan fingerprint density at radius 1 is 1.30 bits per heavy atom. The quantitative estimate of drug-likeness (QED) is 0.754. The van der Waals surface area contributed by atoms with E-state index in [2.05, 4.69) is 22.2 Å². The predicted molar refractivity (Wildman–Crippen MR) is 82.6 cm³/mol. The molecular weight excluding hydrogens is 252 g/mol. The molecule has 1 heterocycles. The van der Waals surface area contributed by atoms with Crippen LogP contribution in [-0.4, -0.2) is 27.2 Å². The van der Waals surface area contributed by atoms with Crippen molar-refractivity contribution in [1.82, 2.24) is 9.97 Å². The van der Waals surface area contributed by atoms with Gasteiger partial charge in [0.25, 0.3) is 0 Å². The fourth-order valence-corrected chi connectivity index (χ4v) is 2.24. The summed E-state index contributed by atoms with van der Waals surface area (Å²) in [6.07, 6.45) is 2.60. The van der Waals surface area contributed by atoms with E-state index in [-0.39, 0.29) is 12.0 Å². The number of nitrogens with one attached hydrogen (secondary N) is 1. The van der Waals surface area contributed by atoms with Crippen molar-refractivity contribution in [2.24, 2.45) is 0 Å². The molecule has 5 heteroatoms. The van der Waals surface area contributed by atoms with Crippen LogP contribution in [0.2, 0.25) is 0 Å². The molecule has 0 aliphatic heterocycles. The molecule has 1 aromatic carbocycles. The van der Waals surface area contributed by atoms with Crippen LogP contribution in [0.3, 0.4) is 0 Å². The molecule has 0 aliphatic rings.